The smallest absolute Gasteiger partial charge is 0.357 e. The molecule has 2 aromatic heterocycles. The van der Waals surface area contributed by atoms with Crippen LogP contribution in [0.2, 0.25) is 0 Å². The summed E-state index contributed by atoms with van der Waals surface area (Å²) < 4.78 is 17.2. The molecule has 0 aliphatic rings. The summed E-state index contributed by atoms with van der Waals surface area (Å²) in [5, 5.41) is 2.13. The maximum absolute atomic E-state index is 12.6. The molecule has 0 unspecified atom stereocenters. The number of carbonyl (C=O) groups excluding carboxylic acids is 1. The van der Waals surface area contributed by atoms with Crippen LogP contribution < -0.4 is 0 Å². The van der Waals surface area contributed by atoms with Crippen LogP contribution in [0.15, 0.2) is 23.7 Å². The van der Waals surface area contributed by atoms with Crippen molar-refractivity contribution in [1.82, 2.24) is 9.97 Å². The third-order valence-electron chi connectivity index (χ3n) is 1.85. The molecule has 0 radical (unpaired) electrons. The van der Waals surface area contributed by atoms with Gasteiger partial charge in [-0.15, -0.1) is 11.3 Å². The van der Waals surface area contributed by atoms with E-state index in [0.29, 0.717) is 10.7 Å². The van der Waals surface area contributed by atoms with Gasteiger partial charge in [-0.05, 0) is 12.1 Å². The largest absolute Gasteiger partial charge is 0.464 e. The second-order valence-corrected chi connectivity index (χ2v) is 3.75. The average molecular weight is 238 g/mol. The summed E-state index contributed by atoms with van der Waals surface area (Å²) in [5.74, 6) is -0.905. The van der Waals surface area contributed by atoms with E-state index >= 15 is 0 Å². The molecule has 0 fully saturated rings. The Morgan fingerprint density at radius 3 is 2.94 bits per heavy atom. The number of hydrogen-bond donors (Lipinski definition) is 0. The molecule has 0 saturated heterocycles. The first kappa shape index (κ1) is 10.7. The number of nitrogens with zero attached hydrogens (tertiary/aromatic N) is 2. The van der Waals surface area contributed by atoms with Gasteiger partial charge in [0.05, 0.1) is 19.0 Å². The van der Waals surface area contributed by atoms with Crippen LogP contribution in [0.25, 0.3) is 10.7 Å². The Hall–Kier alpha value is -1.82. The number of hydrogen-bond acceptors (Lipinski definition) is 5. The normalized spacial score (nSPS) is 10.1. The summed E-state index contributed by atoms with van der Waals surface area (Å²) in [6.07, 6.45) is 1.11. The first-order valence-electron chi connectivity index (χ1n) is 4.36. The van der Waals surface area contributed by atoms with Gasteiger partial charge in [-0.1, -0.05) is 0 Å². The van der Waals surface area contributed by atoms with E-state index in [1.807, 2.05) is 0 Å². The first-order valence-corrected chi connectivity index (χ1v) is 5.24. The molecular weight excluding hydrogens is 231 g/mol. The Kier molecular flexibility index (Phi) is 2.91. The fourth-order valence-electron chi connectivity index (χ4n) is 1.09. The Balaban J connectivity index is 2.31. The lowest BCUT2D eigenvalue weighted by molar-refractivity contribution is 0.0595. The molecule has 4 nitrogen and oxygen atoms in total. The summed E-state index contributed by atoms with van der Waals surface area (Å²) >= 11 is 1.26. The van der Waals surface area contributed by atoms with Crippen molar-refractivity contribution in [1.29, 1.82) is 0 Å². The Morgan fingerprint density at radius 1 is 1.50 bits per heavy atom. The molecule has 0 aliphatic carbocycles. The highest BCUT2D eigenvalue weighted by Crippen LogP contribution is 2.21. The molecule has 16 heavy (non-hydrogen) atoms. The zero-order valence-corrected chi connectivity index (χ0v) is 9.12. The Labute approximate surface area is 94.7 Å². The van der Waals surface area contributed by atoms with Gasteiger partial charge >= 0.3 is 5.97 Å². The highest BCUT2D eigenvalue weighted by Gasteiger charge is 2.12. The fraction of sp³-hybridized carbons (Fsp3) is 0.100. The highest BCUT2D eigenvalue weighted by molar-refractivity contribution is 7.13. The SMILES string of the molecule is COC(=O)c1csc(-c2ccc(F)cn2)n1. The summed E-state index contributed by atoms with van der Waals surface area (Å²) in [5.41, 5.74) is 0.759. The van der Waals surface area contributed by atoms with E-state index < -0.39 is 11.8 Å². The number of carbonyl (C=O) groups is 1. The van der Waals surface area contributed by atoms with Crippen LogP contribution in [-0.2, 0) is 4.74 Å². The number of aromatic nitrogens is 2. The summed E-state index contributed by atoms with van der Waals surface area (Å²) in [6.45, 7) is 0. The highest BCUT2D eigenvalue weighted by atomic mass is 32.1. The van der Waals surface area contributed by atoms with E-state index in [-0.39, 0.29) is 5.69 Å². The second-order valence-electron chi connectivity index (χ2n) is 2.89. The van der Waals surface area contributed by atoms with Crippen molar-refractivity contribution in [3.63, 3.8) is 0 Å². The van der Waals surface area contributed by atoms with Crippen LogP contribution in [0.3, 0.4) is 0 Å². The minimum absolute atomic E-state index is 0.230. The van der Waals surface area contributed by atoms with Crippen molar-refractivity contribution >= 4 is 17.3 Å². The number of esters is 1. The van der Waals surface area contributed by atoms with E-state index in [0.717, 1.165) is 6.20 Å². The standard InChI is InChI=1S/C10H7FN2O2S/c1-15-10(14)8-5-16-9(13-8)7-3-2-6(11)4-12-7/h2-5H,1H3. The minimum atomic E-state index is -0.496. The first-order chi connectivity index (χ1) is 7.70. The predicted octanol–water partition coefficient (Wildman–Crippen LogP) is 2.13. The second kappa shape index (κ2) is 4.36. The van der Waals surface area contributed by atoms with E-state index in [1.165, 1.54) is 30.6 Å². The van der Waals surface area contributed by atoms with Crippen molar-refractivity contribution < 1.29 is 13.9 Å². The molecule has 0 amide bonds. The van der Waals surface area contributed by atoms with Crippen LogP contribution in [0.1, 0.15) is 10.5 Å². The molecule has 0 spiro atoms. The number of pyridine rings is 1. The van der Waals surface area contributed by atoms with Gasteiger partial charge in [-0.3, -0.25) is 4.98 Å². The molecule has 82 valence electrons. The fourth-order valence-corrected chi connectivity index (χ4v) is 1.86. The van der Waals surface area contributed by atoms with Crippen LogP contribution in [0, 0.1) is 5.82 Å². The Morgan fingerprint density at radius 2 is 2.31 bits per heavy atom. The molecule has 0 bridgehead atoms. The van der Waals surface area contributed by atoms with Crippen LogP contribution in [0.5, 0.6) is 0 Å². The van der Waals surface area contributed by atoms with Gasteiger partial charge < -0.3 is 4.74 Å². The number of methoxy groups -OCH3 is 1. The third kappa shape index (κ3) is 2.06. The van der Waals surface area contributed by atoms with Crippen LogP contribution in [0.4, 0.5) is 4.39 Å². The number of rotatable bonds is 2. The van der Waals surface area contributed by atoms with Crippen LogP contribution >= 0.6 is 11.3 Å². The maximum Gasteiger partial charge on any atom is 0.357 e. The van der Waals surface area contributed by atoms with Crippen molar-refractivity contribution in [2.75, 3.05) is 7.11 Å². The van der Waals surface area contributed by atoms with E-state index in [1.54, 1.807) is 5.38 Å². The molecule has 0 aromatic carbocycles. The number of ether oxygens (including phenoxy) is 1. The van der Waals surface area contributed by atoms with Crippen molar-refractivity contribution in [3.05, 3.63) is 35.2 Å². The molecular formula is C10H7FN2O2S. The number of thiazole rings is 1. The van der Waals surface area contributed by atoms with Gasteiger partial charge in [0.25, 0.3) is 0 Å². The van der Waals surface area contributed by atoms with Gasteiger partial charge in [0.1, 0.15) is 10.8 Å². The average Bonchev–Trinajstić information content (AvgIpc) is 2.78. The van der Waals surface area contributed by atoms with E-state index in [4.69, 9.17) is 0 Å². The zero-order valence-electron chi connectivity index (χ0n) is 8.31. The molecule has 0 saturated carbocycles. The monoisotopic (exact) mass is 238 g/mol. The van der Waals surface area contributed by atoms with Crippen molar-refractivity contribution in [2.45, 2.75) is 0 Å². The zero-order chi connectivity index (χ0) is 11.5. The van der Waals surface area contributed by atoms with Gasteiger partial charge in [0.15, 0.2) is 5.69 Å². The Bertz CT molecular complexity index is 510. The van der Waals surface area contributed by atoms with Crippen molar-refractivity contribution in [2.24, 2.45) is 0 Å². The lowest BCUT2D eigenvalue weighted by atomic mass is 10.3. The lowest BCUT2D eigenvalue weighted by Crippen LogP contribution is -2.01. The molecule has 0 aliphatic heterocycles. The third-order valence-corrected chi connectivity index (χ3v) is 2.71. The summed E-state index contributed by atoms with van der Waals surface area (Å²) in [4.78, 5) is 19.1. The molecule has 2 heterocycles. The quantitative estimate of drug-likeness (QED) is 0.752. The van der Waals surface area contributed by atoms with Crippen molar-refractivity contribution in [3.8, 4) is 10.7 Å². The predicted molar refractivity (Wildman–Crippen MR) is 56.6 cm³/mol. The van der Waals surface area contributed by atoms with E-state index in [2.05, 4.69) is 14.7 Å². The molecule has 6 heteroatoms. The lowest BCUT2D eigenvalue weighted by Gasteiger charge is -1.94. The van der Waals surface area contributed by atoms with Gasteiger partial charge in [0, 0.05) is 5.38 Å². The van der Waals surface area contributed by atoms with Crippen LogP contribution in [-0.4, -0.2) is 23.0 Å². The summed E-state index contributed by atoms with van der Waals surface area (Å²) in [6, 6.07) is 2.80. The number of halogens is 1. The minimum Gasteiger partial charge on any atom is -0.464 e. The molecule has 0 atom stereocenters. The summed E-state index contributed by atoms with van der Waals surface area (Å²) in [7, 11) is 1.29. The van der Waals surface area contributed by atoms with Gasteiger partial charge in [0.2, 0.25) is 0 Å². The maximum atomic E-state index is 12.6. The van der Waals surface area contributed by atoms with Gasteiger partial charge in [-0.2, -0.15) is 0 Å². The van der Waals surface area contributed by atoms with E-state index in [9.17, 15) is 9.18 Å². The topological polar surface area (TPSA) is 52.1 Å². The molecule has 0 N–H and O–H groups in total. The van der Waals surface area contributed by atoms with Gasteiger partial charge in [-0.25, -0.2) is 14.2 Å². The molecule has 2 rings (SSSR count). The molecule has 2 aromatic rings.